The van der Waals surface area contributed by atoms with E-state index in [0.29, 0.717) is 0 Å². The highest BCUT2D eigenvalue weighted by Gasteiger charge is 2.15. The Morgan fingerprint density at radius 1 is 0.610 bits per heavy atom. The van der Waals surface area contributed by atoms with Gasteiger partial charge in [-0.1, -0.05) is 195 Å². The van der Waals surface area contributed by atoms with Gasteiger partial charge in [0.05, 0.1) is 5.69 Å². The largest absolute Gasteiger partial charge is 0.321 e. The maximum absolute atomic E-state index is 4.70. The molecular weight excluding hydrogens is 711 g/mol. The molecule has 0 unspecified atom stereocenters. The van der Waals surface area contributed by atoms with E-state index >= 15 is 0 Å². The van der Waals surface area contributed by atoms with Crippen molar-refractivity contribution in [2.24, 2.45) is 0 Å². The van der Waals surface area contributed by atoms with Crippen molar-refractivity contribution in [3.63, 3.8) is 0 Å². The summed E-state index contributed by atoms with van der Waals surface area (Å²) in [6, 6.07) is 58.7. The third-order valence-corrected chi connectivity index (χ3v) is 11.2. The van der Waals surface area contributed by atoms with Crippen molar-refractivity contribution < 1.29 is 0 Å². The fourth-order valence-electron chi connectivity index (χ4n) is 8.09. The molecule has 286 valence electrons. The van der Waals surface area contributed by atoms with Crippen LogP contribution in [0.5, 0.6) is 0 Å². The Bertz CT molecular complexity index is 2920. The van der Waals surface area contributed by atoms with Crippen LogP contribution in [0.1, 0.15) is 42.0 Å². The summed E-state index contributed by atoms with van der Waals surface area (Å²) in [5.41, 5.74) is 12.8. The predicted molar refractivity (Wildman–Crippen MR) is 259 cm³/mol. The predicted octanol–water partition coefficient (Wildman–Crippen LogP) is 16.4. The Morgan fingerprint density at radius 2 is 1.25 bits per heavy atom. The molecule has 8 aromatic rings. The normalized spacial score (nSPS) is 12.1. The van der Waals surface area contributed by atoms with E-state index in [1.54, 1.807) is 0 Å². The van der Waals surface area contributed by atoms with Gasteiger partial charge in [0, 0.05) is 17.5 Å². The minimum Gasteiger partial charge on any atom is -0.321 e. The molecular formula is C58H49N. The quantitative estimate of drug-likeness (QED) is 0.0836. The third-order valence-electron chi connectivity index (χ3n) is 11.2. The summed E-state index contributed by atoms with van der Waals surface area (Å²) in [7, 11) is 0. The second-order valence-corrected chi connectivity index (χ2v) is 15.0. The van der Waals surface area contributed by atoms with E-state index in [4.69, 9.17) is 6.58 Å². The molecule has 1 heteroatoms. The zero-order valence-electron chi connectivity index (χ0n) is 34.0. The van der Waals surface area contributed by atoms with Gasteiger partial charge in [0.1, 0.15) is 0 Å². The molecule has 8 rings (SSSR count). The molecule has 0 saturated heterocycles. The topological polar surface area (TPSA) is 3.24 Å². The van der Waals surface area contributed by atoms with Crippen LogP contribution in [0.4, 0.5) is 5.69 Å². The lowest BCUT2D eigenvalue weighted by atomic mass is 9.94. The minimum atomic E-state index is 0.783. The number of hydrogen-bond donors (Lipinski definition) is 0. The van der Waals surface area contributed by atoms with Crippen LogP contribution in [-0.4, -0.2) is 0 Å². The summed E-state index contributed by atoms with van der Waals surface area (Å²) in [4.78, 5) is 2.26. The fraction of sp³-hybridized carbons (Fsp3) is 0.0690. The van der Waals surface area contributed by atoms with Crippen molar-refractivity contribution in [1.29, 1.82) is 0 Å². The molecule has 0 N–H and O–H groups in total. The lowest BCUT2D eigenvalue weighted by Gasteiger charge is -2.26. The van der Waals surface area contributed by atoms with E-state index in [9.17, 15) is 0 Å². The second kappa shape index (κ2) is 17.9. The molecule has 0 saturated carbocycles. The van der Waals surface area contributed by atoms with E-state index < -0.39 is 0 Å². The van der Waals surface area contributed by atoms with Gasteiger partial charge < -0.3 is 4.90 Å². The molecule has 0 aliphatic rings. The number of allylic oxidation sites excluding steroid dienone is 7. The Morgan fingerprint density at radius 3 is 2.03 bits per heavy atom. The monoisotopic (exact) mass is 759 g/mol. The van der Waals surface area contributed by atoms with Crippen LogP contribution in [0.2, 0.25) is 0 Å². The molecule has 0 heterocycles. The molecule has 0 bridgehead atoms. The zero-order valence-corrected chi connectivity index (χ0v) is 34.0. The van der Waals surface area contributed by atoms with Crippen LogP contribution in [-0.2, 0) is 0 Å². The van der Waals surface area contributed by atoms with Crippen LogP contribution in [0, 0.1) is 6.92 Å². The van der Waals surface area contributed by atoms with E-state index in [-0.39, 0.29) is 0 Å². The highest BCUT2D eigenvalue weighted by atomic mass is 15.1. The Hall–Kier alpha value is -7.22. The van der Waals surface area contributed by atoms with Gasteiger partial charge in [0.25, 0.3) is 0 Å². The van der Waals surface area contributed by atoms with Gasteiger partial charge in [-0.2, -0.15) is 0 Å². The molecule has 0 radical (unpaired) electrons. The second-order valence-electron chi connectivity index (χ2n) is 15.0. The molecule has 0 aromatic heterocycles. The number of rotatable bonds is 13. The number of benzene rings is 8. The van der Waals surface area contributed by atoms with Crippen molar-refractivity contribution in [2.75, 3.05) is 4.90 Å². The summed E-state index contributed by atoms with van der Waals surface area (Å²) in [6.45, 7) is 13.2. The molecule has 0 spiro atoms. The fourth-order valence-corrected chi connectivity index (χ4v) is 8.09. The molecule has 59 heavy (non-hydrogen) atoms. The highest BCUT2D eigenvalue weighted by Crippen LogP contribution is 2.37. The van der Waals surface area contributed by atoms with E-state index in [1.165, 1.54) is 65.7 Å². The molecule has 0 aliphatic carbocycles. The van der Waals surface area contributed by atoms with Gasteiger partial charge in [-0.3, -0.25) is 0 Å². The summed E-state index contributed by atoms with van der Waals surface area (Å²) in [5, 5.41) is 7.52. The van der Waals surface area contributed by atoms with Crippen molar-refractivity contribution in [2.45, 2.75) is 26.7 Å². The first-order valence-electron chi connectivity index (χ1n) is 20.5. The average Bonchev–Trinajstić information content (AvgIpc) is 3.29. The SMILES string of the molecule is C=C/C(=C\C=C\N(C(=C)CC/C=C/c1cc2ccccc2c(/C=C\C)c1C)c1ccccc1-c1ccc2ccc3ccccc3c2c1)c1ccc(-c2ccccc2)cc1. The first kappa shape index (κ1) is 38.6. The lowest BCUT2D eigenvalue weighted by Crippen LogP contribution is -2.15. The maximum Gasteiger partial charge on any atom is 0.0530 e. The van der Waals surface area contributed by atoms with Gasteiger partial charge in [-0.25, -0.2) is 0 Å². The van der Waals surface area contributed by atoms with Crippen molar-refractivity contribution >= 4 is 55.7 Å². The number of para-hydroxylation sites is 1. The van der Waals surface area contributed by atoms with Gasteiger partial charge in [-0.05, 0) is 128 Å². The Labute approximate surface area is 349 Å². The van der Waals surface area contributed by atoms with Gasteiger partial charge in [0.15, 0.2) is 0 Å². The molecule has 0 fully saturated rings. The van der Waals surface area contributed by atoms with Crippen LogP contribution in [0.15, 0.2) is 219 Å². The summed E-state index contributed by atoms with van der Waals surface area (Å²) < 4.78 is 0. The molecule has 0 atom stereocenters. The van der Waals surface area contributed by atoms with E-state index in [2.05, 4.69) is 226 Å². The third kappa shape index (κ3) is 8.42. The maximum atomic E-state index is 4.70. The van der Waals surface area contributed by atoms with E-state index in [1.807, 2.05) is 12.1 Å². The molecule has 8 aromatic carbocycles. The summed E-state index contributed by atoms with van der Waals surface area (Å²) in [6.07, 6.45) is 18.9. The van der Waals surface area contributed by atoms with Gasteiger partial charge in [0.2, 0.25) is 0 Å². The standard InChI is InChI=1S/C58H49N/c1-5-19-53-43(4)50(40-51-25-13-15-28-55(51)53)24-11-10-20-42(3)59(39-18-26-44(6-2)46-31-33-47(34-32-46)45-21-8-7-9-22-45)58-30-17-16-29-56(58)52-38-37-49-36-35-48-23-12-14-27-54(48)57(49)41-52/h5-9,11-19,21-41H,2-3,10,20H2,1,4H3/b19-5-,24-11+,39-18+,44-26+. The van der Waals surface area contributed by atoms with Crippen LogP contribution in [0.25, 0.3) is 72.3 Å². The van der Waals surface area contributed by atoms with Gasteiger partial charge in [-0.15, -0.1) is 0 Å². The Balaban J connectivity index is 1.12. The number of anilines is 1. The highest BCUT2D eigenvalue weighted by molar-refractivity contribution is 6.09. The lowest BCUT2D eigenvalue weighted by molar-refractivity contribution is 0.938. The average molecular weight is 760 g/mol. The molecule has 1 nitrogen and oxygen atoms in total. The van der Waals surface area contributed by atoms with Crippen molar-refractivity contribution in [3.8, 4) is 22.3 Å². The summed E-state index contributed by atoms with van der Waals surface area (Å²) in [5.74, 6) is 0. The smallest absolute Gasteiger partial charge is 0.0530 e. The number of nitrogens with zero attached hydrogens (tertiary/aromatic N) is 1. The summed E-state index contributed by atoms with van der Waals surface area (Å²) >= 11 is 0. The van der Waals surface area contributed by atoms with Crippen LogP contribution >= 0.6 is 0 Å². The molecule has 0 aliphatic heterocycles. The van der Waals surface area contributed by atoms with E-state index in [0.717, 1.165) is 40.9 Å². The number of fused-ring (bicyclic) bond motifs is 4. The number of hydrogen-bond acceptors (Lipinski definition) is 1. The zero-order chi connectivity index (χ0) is 40.6. The molecule has 0 amide bonds. The Kier molecular flexibility index (Phi) is 11.7. The van der Waals surface area contributed by atoms with Crippen LogP contribution in [0.3, 0.4) is 0 Å². The first-order valence-corrected chi connectivity index (χ1v) is 20.5. The minimum absolute atomic E-state index is 0.783. The first-order chi connectivity index (χ1) is 29.0. The van der Waals surface area contributed by atoms with Crippen LogP contribution < -0.4 is 4.90 Å². The van der Waals surface area contributed by atoms with Crippen molar-refractivity contribution in [1.82, 2.24) is 0 Å². The van der Waals surface area contributed by atoms with Crippen molar-refractivity contribution in [3.05, 3.63) is 241 Å². The van der Waals surface area contributed by atoms with Gasteiger partial charge >= 0.3 is 0 Å².